The van der Waals surface area contributed by atoms with E-state index >= 15 is 0 Å². The van der Waals surface area contributed by atoms with E-state index in [9.17, 15) is 17.6 Å². The molecule has 0 atom stereocenters. The van der Waals surface area contributed by atoms with Gasteiger partial charge in [0.1, 0.15) is 17.3 Å². The fourth-order valence-electron chi connectivity index (χ4n) is 2.45. The number of carbonyl (C=O) groups is 1. The minimum atomic E-state index is -4.05. The summed E-state index contributed by atoms with van der Waals surface area (Å²) in [6.45, 7) is 2.56. The molecule has 2 aromatic rings. The maximum atomic E-state index is 14.1. The number of nitrogens with zero attached hydrogens (tertiary/aromatic N) is 2. The van der Waals surface area contributed by atoms with Crippen LogP contribution in [-0.4, -0.2) is 50.0 Å². The smallest absolute Gasteiger partial charge is 0.338 e. The van der Waals surface area contributed by atoms with E-state index < -0.39 is 26.7 Å². The summed E-state index contributed by atoms with van der Waals surface area (Å²) in [6.07, 6.45) is 0. The van der Waals surface area contributed by atoms with Crippen molar-refractivity contribution >= 4 is 27.3 Å². The van der Waals surface area contributed by atoms with Gasteiger partial charge in [0.2, 0.25) is 10.0 Å². The average Bonchev–Trinajstić information content (AvgIpc) is 3.06. The highest BCUT2D eigenvalue weighted by Gasteiger charge is 2.30. The van der Waals surface area contributed by atoms with E-state index in [1.54, 1.807) is 5.38 Å². The third-order valence-corrected chi connectivity index (χ3v) is 6.51. The predicted molar refractivity (Wildman–Crippen MR) is 91.9 cm³/mol. The molecule has 0 bridgehead atoms. The summed E-state index contributed by atoms with van der Waals surface area (Å²) in [7, 11) is -4.05. The summed E-state index contributed by atoms with van der Waals surface area (Å²) < 4.78 is 50.8. The number of rotatable bonds is 5. The minimum Gasteiger partial charge on any atom is -0.456 e. The standard InChI is InChI=1S/C16H17FN2O5S2/c1-11-18-13(10-25-11)9-24-16(20)12-2-3-14(17)15(8-12)26(21,22)19-4-6-23-7-5-19/h2-3,8,10H,4-7,9H2,1H3. The van der Waals surface area contributed by atoms with Gasteiger partial charge in [0.15, 0.2) is 0 Å². The summed E-state index contributed by atoms with van der Waals surface area (Å²) in [6, 6.07) is 3.16. The monoisotopic (exact) mass is 400 g/mol. The van der Waals surface area contributed by atoms with Crippen LogP contribution in [0.3, 0.4) is 0 Å². The van der Waals surface area contributed by atoms with Crippen molar-refractivity contribution in [3.63, 3.8) is 0 Å². The Morgan fingerprint density at radius 2 is 2.12 bits per heavy atom. The fourth-order valence-corrected chi connectivity index (χ4v) is 4.55. The van der Waals surface area contributed by atoms with Crippen molar-refractivity contribution in [1.82, 2.24) is 9.29 Å². The van der Waals surface area contributed by atoms with Gasteiger partial charge >= 0.3 is 5.97 Å². The van der Waals surface area contributed by atoms with Crippen molar-refractivity contribution in [3.05, 3.63) is 45.7 Å². The number of hydrogen-bond acceptors (Lipinski definition) is 7. The average molecular weight is 400 g/mol. The molecule has 0 saturated carbocycles. The van der Waals surface area contributed by atoms with Gasteiger partial charge in [0.05, 0.1) is 29.5 Å². The van der Waals surface area contributed by atoms with E-state index in [0.29, 0.717) is 5.69 Å². The first-order valence-corrected chi connectivity index (χ1v) is 10.2. The summed E-state index contributed by atoms with van der Waals surface area (Å²) in [5.41, 5.74) is 0.564. The molecule has 10 heteroatoms. The Kier molecular flexibility index (Phi) is 5.66. The van der Waals surface area contributed by atoms with Crippen LogP contribution in [-0.2, 0) is 26.1 Å². The van der Waals surface area contributed by atoms with Crippen LogP contribution in [0.2, 0.25) is 0 Å². The second-order valence-corrected chi connectivity index (χ2v) is 8.56. The van der Waals surface area contributed by atoms with Crippen molar-refractivity contribution < 1.29 is 27.1 Å². The number of carbonyl (C=O) groups excluding carboxylic acids is 1. The first-order valence-electron chi connectivity index (χ1n) is 7.83. The number of benzene rings is 1. The van der Waals surface area contributed by atoms with Crippen molar-refractivity contribution in [2.24, 2.45) is 0 Å². The van der Waals surface area contributed by atoms with Gasteiger partial charge in [-0.25, -0.2) is 22.6 Å². The molecule has 0 unspecified atom stereocenters. The molecule has 2 heterocycles. The molecule has 0 spiro atoms. The van der Waals surface area contributed by atoms with E-state index in [1.807, 2.05) is 6.92 Å². The van der Waals surface area contributed by atoms with E-state index in [1.165, 1.54) is 17.4 Å². The van der Waals surface area contributed by atoms with Gasteiger partial charge in [-0.3, -0.25) is 0 Å². The SMILES string of the molecule is Cc1nc(COC(=O)c2ccc(F)c(S(=O)(=O)N3CCOCC3)c2)cs1. The topological polar surface area (TPSA) is 85.8 Å². The normalized spacial score (nSPS) is 15.8. The quantitative estimate of drug-likeness (QED) is 0.714. The van der Waals surface area contributed by atoms with Crippen molar-refractivity contribution in [1.29, 1.82) is 0 Å². The lowest BCUT2D eigenvalue weighted by Gasteiger charge is -2.26. The molecule has 1 aliphatic rings. The second-order valence-electron chi connectivity index (χ2n) is 5.60. The Morgan fingerprint density at radius 1 is 1.38 bits per heavy atom. The molecule has 1 aromatic heterocycles. The molecule has 0 aliphatic carbocycles. The van der Waals surface area contributed by atoms with Crippen LogP contribution in [0.1, 0.15) is 21.1 Å². The Labute approximate surface area is 154 Å². The Morgan fingerprint density at radius 3 is 2.77 bits per heavy atom. The van der Waals surface area contributed by atoms with Gasteiger partial charge in [-0.2, -0.15) is 4.31 Å². The fraction of sp³-hybridized carbons (Fsp3) is 0.375. The van der Waals surface area contributed by atoms with Crippen LogP contribution in [0.5, 0.6) is 0 Å². The highest BCUT2D eigenvalue weighted by molar-refractivity contribution is 7.89. The molecule has 1 aromatic carbocycles. The molecule has 3 rings (SSSR count). The number of morpholine rings is 1. The summed E-state index contributed by atoms with van der Waals surface area (Å²) in [4.78, 5) is 15.8. The Balaban J connectivity index is 1.79. The zero-order valence-electron chi connectivity index (χ0n) is 14.0. The largest absolute Gasteiger partial charge is 0.456 e. The second kappa shape index (κ2) is 7.78. The Bertz CT molecular complexity index is 907. The van der Waals surface area contributed by atoms with Crippen LogP contribution < -0.4 is 0 Å². The van der Waals surface area contributed by atoms with Gasteiger partial charge in [-0.1, -0.05) is 0 Å². The molecule has 1 aliphatic heterocycles. The molecule has 0 amide bonds. The number of sulfonamides is 1. The third kappa shape index (κ3) is 4.09. The van der Waals surface area contributed by atoms with Crippen LogP contribution in [0.25, 0.3) is 0 Å². The van der Waals surface area contributed by atoms with Crippen molar-refractivity contribution in [2.45, 2.75) is 18.4 Å². The van der Waals surface area contributed by atoms with Crippen LogP contribution in [0, 0.1) is 12.7 Å². The molecular formula is C16H17FN2O5S2. The molecule has 0 N–H and O–H groups in total. The molecule has 1 saturated heterocycles. The maximum absolute atomic E-state index is 14.1. The van der Waals surface area contributed by atoms with E-state index in [4.69, 9.17) is 9.47 Å². The molecule has 7 nitrogen and oxygen atoms in total. The molecule has 0 radical (unpaired) electrons. The molecular weight excluding hydrogens is 383 g/mol. The van der Waals surface area contributed by atoms with Gasteiger partial charge in [-0.05, 0) is 25.1 Å². The van der Waals surface area contributed by atoms with Crippen LogP contribution >= 0.6 is 11.3 Å². The van der Waals surface area contributed by atoms with Crippen molar-refractivity contribution in [2.75, 3.05) is 26.3 Å². The summed E-state index contributed by atoms with van der Waals surface area (Å²) >= 11 is 1.43. The van der Waals surface area contributed by atoms with Crippen LogP contribution in [0.4, 0.5) is 4.39 Å². The maximum Gasteiger partial charge on any atom is 0.338 e. The predicted octanol–water partition coefficient (Wildman–Crippen LogP) is 1.97. The van der Waals surface area contributed by atoms with Gasteiger partial charge in [0, 0.05) is 18.5 Å². The first-order chi connectivity index (χ1) is 12.4. The zero-order valence-corrected chi connectivity index (χ0v) is 15.6. The minimum absolute atomic E-state index is 0.0356. The van der Waals surface area contributed by atoms with E-state index in [2.05, 4.69) is 4.98 Å². The third-order valence-electron chi connectivity index (χ3n) is 3.77. The number of esters is 1. The van der Waals surface area contributed by atoms with Gasteiger partial charge < -0.3 is 9.47 Å². The number of thiazole rings is 1. The molecule has 26 heavy (non-hydrogen) atoms. The lowest BCUT2D eigenvalue weighted by Crippen LogP contribution is -2.41. The van der Waals surface area contributed by atoms with Gasteiger partial charge in [0.25, 0.3) is 0 Å². The molecule has 1 fully saturated rings. The number of hydrogen-bond donors (Lipinski definition) is 0. The number of aromatic nitrogens is 1. The first kappa shape index (κ1) is 18.9. The van der Waals surface area contributed by atoms with Crippen LogP contribution in [0.15, 0.2) is 28.5 Å². The lowest BCUT2D eigenvalue weighted by atomic mass is 10.2. The zero-order chi connectivity index (χ0) is 18.7. The van der Waals surface area contributed by atoms with Gasteiger partial charge in [-0.15, -0.1) is 11.3 Å². The highest BCUT2D eigenvalue weighted by Crippen LogP contribution is 2.22. The lowest BCUT2D eigenvalue weighted by molar-refractivity contribution is 0.0468. The number of ether oxygens (including phenoxy) is 2. The van der Waals surface area contributed by atoms with E-state index in [0.717, 1.165) is 21.4 Å². The molecule has 140 valence electrons. The summed E-state index contributed by atoms with van der Waals surface area (Å²) in [5, 5.41) is 2.61. The van der Waals surface area contributed by atoms with Crippen molar-refractivity contribution in [3.8, 4) is 0 Å². The Hall–Kier alpha value is -1.88. The number of aryl methyl sites for hydroxylation is 1. The number of halogens is 1. The highest BCUT2D eigenvalue weighted by atomic mass is 32.2. The summed E-state index contributed by atoms with van der Waals surface area (Å²) in [5.74, 6) is -1.66. The van der Waals surface area contributed by atoms with E-state index in [-0.39, 0.29) is 38.5 Å².